The number of nitro groups is 2. The normalized spacial score (nSPS) is 17.4. The molecule has 0 unspecified atom stereocenters. The number of hydrogen-bond acceptors (Lipinski definition) is 7. The van der Waals surface area contributed by atoms with Crippen LogP contribution in [-0.4, -0.2) is 46.4 Å². The van der Waals surface area contributed by atoms with E-state index in [0.29, 0.717) is 31.3 Å². The Morgan fingerprint density at radius 3 is 1.92 bits per heavy atom. The third kappa shape index (κ3) is 7.39. The summed E-state index contributed by atoms with van der Waals surface area (Å²) in [6, 6.07) is 37.4. The summed E-state index contributed by atoms with van der Waals surface area (Å²) in [5.74, 6) is 1.49. The lowest BCUT2D eigenvalue weighted by atomic mass is 9.81. The Kier molecular flexibility index (Phi) is 10.7. The van der Waals surface area contributed by atoms with Crippen LogP contribution in [0.4, 0.5) is 22.7 Å². The average molecular weight is 820 g/mol. The second-order valence-corrected chi connectivity index (χ2v) is 16.3. The minimum atomic E-state index is -0.492. The molecule has 0 N–H and O–H groups in total. The topological polar surface area (TPSA) is 111 Å². The molecule has 2 heterocycles. The molecule has 302 valence electrons. The Labute approximate surface area is 354 Å². The number of anilines is 1. The maximum atomic E-state index is 11.9. The first-order valence-electron chi connectivity index (χ1n) is 19.8. The molecule has 5 aromatic rings. The lowest BCUT2D eigenvalue weighted by Gasteiger charge is -2.27. The van der Waals surface area contributed by atoms with Crippen LogP contribution in [0.2, 0.25) is 0 Å². The maximum Gasteiger partial charge on any atom is 0.276 e. The Bertz CT molecular complexity index is 2680. The molecule has 11 heteroatoms. The summed E-state index contributed by atoms with van der Waals surface area (Å²) in [5, 5.41) is 24.4. The first-order chi connectivity index (χ1) is 28.9. The van der Waals surface area contributed by atoms with Crippen LogP contribution in [0.1, 0.15) is 49.9 Å². The van der Waals surface area contributed by atoms with E-state index in [1.165, 1.54) is 0 Å². The van der Waals surface area contributed by atoms with Crippen LogP contribution in [0.5, 0.6) is 11.5 Å². The van der Waals surface area contributed by atoms with Crippen molar-refractivity contribution in [1.29, 1.82) is 0 Å². The standard InChI is InChI=1S/C49H44ClN4O6/c1-48(2)41-23-19-33(53(55)56)31-43(41)51(27-29-59-35-13-7-5-8-14-35)45(48)25-21-39-37-17-11-12-18-38(37)40(47(39)50)22-26-46-49(3,4)42-24-20-34(54(57)58)32-44(42)52(46)28-30-60-36-15-9-6-10-16-36/h5-26,31-32H,27-30H2,1-4H3/q+1. The Morgan fingerprint density at radius 2 is 1.27 bits per heavy atom. The van der Waals surface area contributed by atoms with Crippen molar-refractivity contribution in [2.24, 2.45) is 0 Å². The summed E-state index contributed by atoms with van der Waals surface area (Å²) in [6.45, 7) is 10.1. The predicted molar refractivity (Wildman–Crippen MR) is 238 cm³/mol. The van der Waals surface area contributed by atoms with Crippen molar-refractivity contribution >= 4 is 51.2 Å². The molecule has 0 bridgehead atoms. The molecule has 0 radical (unpaired) electrons. The van der Waals surface area contributed by atoms with E-state index in [2.05, 4.69) is 61.5 Å². The number of para-hydroxylation sites is 2. The number of rotatable bonds is 13. The van der Waals surface area contributed by atoms with E-state index in [1.54, 1.807) is 24.3 Å². The Balaban J connectivity index is 1.17. The van der Waals surface area contributed by atoms with Crippen LogP contribution < -0.4 is 14.4 Å². The van der Waals surface area contributed by atoms with Gasteiger partial charge >= 0.3 is 0 Å². The summed E-state index contributed by atoms with van der Waals surface area (Å²) in [5.41, 5.74) is 8.13. The van der Waals surface area contributed by atoms with Gasteiger partial charge in [-0.15, -0.1) is 0 Å². The van der Waals surface area contributed by atoms with Gasteiger partial charge in [-0.25, -0.2) is 0 Å². The van der Waals surface area contributed by atoms with Crippen LogP contribution in [0.15, 0.2) is 156 Å². The monoisotopic (exact) mass is 819 g/mol. The van der Waals surface area contributed by atoms with Gasteiger partial charge in [-0.05, 0) is 79.1 Å². The molecule has 0 fully saturated rings. The van der Waals surface area contributed by atoms with Gasteiger partial charge in [-0.3, -0.25) is 20.2 Å². The number of non-ortho nitro benzene ring substituents is 2. The minimum Gasteiger partial charge on any atom is -0.492 e. The summed E-state index contributed by atoms with van der Waals surface area (Å²) >= 11 is 7.39. The first kappa shape index (κ1) is 40.0. The van der Waals surface area contributed by atoms with E-state index in [1.807, 2.05) is 97.1 Å². The smallest absolute Gasteiger partial charge is 0.276 e. The largest absolute Gasteiger partial charge is 0.492 e. The van der Waals surface area contributed by atoms with Crippen molar-refractivity contribution in [2.75, 3.05) is 31.2 Å². The number of halogens is 1. The van der Waals surface area contributed by atoms with Gasteiger partial charge in [0.25, 0.3) is 11.4 Å². The zero-order valence-electron chi connectivity index (χ0n) is 33.8. The van der Waals surface area contributed by atoms with Crippen molar-refractivity contribution in [3.63, 3.8) is 0 Å². The second kappa shape index (κ2) is 16.1. The fourth-order valence-electron chi connectivity index (χ4n) is 8.59. The number of fused-ring (bicyclic) bond motifs is 3. The molecular formula is C49H44ClN4O6+. The third-order valence-corrected chi connectivity index (χ3v) is 12.0. The highest BCUT2D eigenvalue weighted by molar-refractivity contribution is 6.42. The van der Waals surface area contributed by atoms with Crippen LogP contribution >= 0.6 is 11.6 Å². The summed E-state index contributed by atoms with van der Waals surface area (Å²) < 4.78 is 14.3. The van der Waals surface area contributed by atoms with Gasteiger partial charge < -0.3 is 14.4 Å². The summed E-state index contributed by atoms with van der Waals surface area (Å²) in [7, 11) is 0. The molecule has 60 heavy (non-hydrogen) atoms. The van der Waals surface area contributed by atoms with Gasteiger partial charge in [0.1, 0.15) is 24.7 Å². The second-order valence-electron chi connectivity index (χ2n) is 15.9. The predicted octanol–water partition coefficient (Wildman–Crippen LogP) is 11.3. The van der Waals surface area contributed by atoms with E-state index in [9.17, 15) is 20.2 Å². The fourth-order valence-corrected chi connectivity index (χ4v) is 8.92. The lowest BCUT2D eigenvalue weighted by Crippen LogP contribution is -2.29. The van der Waals surface area contributed by atoms with E-state index >= 15 is 0 Å². The van der Waals surface area contributed by atoms with Gasteiger partial charge in [-0.1, -0.05) is 92.2 Å². The molecule has 10 nitrogen and oxygen atoms in total. The number of hydrogen-bond donors (Lipinski definition) is 0. The number of nitro benzene ring substituents is 2. The quantitative estimate of drug-likeness (QED) is 0.0660. The number of benzene rings is 5. The highest BCUT2D eigenvalue weighted by atomic mass is 35.5. The van der Waals surface area contributed by atoms with Crippen molar-refractivity contribution in [1.82, 2.24) is 0 Å². The van der Waals surface area contributed by atoms with Crippen LogP contribution in [-0.2, 0) is 10.8 Å². The molecule has 8 rings (SSSR count). The van der Waals surface area contributed by atoms with Gasteiger partial charge in [0, 0.05) is 52.1 Å². The van der Waals surface area contributed by atoms with E-state index in [4.69, 9.17) is 21.1 Å². The highest BCUT2D eigenvalue weighted by Crippen LogP contribution is 2.50. The number of nitrogens with zero attached hydrogens (tertiary/aromatic N) is 4. The molecule has 5 aromatic carbocycles. The van der Waals surface area contributed by atoms with E-state index < -0.39 is 10.8 Å². The number of ether oxygens (including phenoxy) is 2. The Morgan fingerprint density at radius 1 is 0.683 bits per heavy atom. The van der Waals surface area contributed by atoms with Gasteiger partial charge in [0.15, 0.2) is 12.3 Å². The highest BCUT2D eigenvalue weighted by Gasteiger charge is 2.45. The zero-order valence-corrected chi connectivity index (χ0v) is 34.6. The Hall–Kier alpha value is -6.78. The van der Waals surface area contributed by atoms with Crippen molar-refractivity contribution in [3.05, 3.63) is 199 Å². The number of allylic oxidation sites excluding steroid dienone is 8. The van der Waals surface area contributed by atoms with Gasteiger partial charge in [0.2, 0.25) is 5.69 Å². The van der Waals surface area contributed by atoms with Crippen molar-refractivity contribution < 1.29 is 23.9 Å². The average Bonchev–Trinajstić information content (AvgIpc) is 3.72. The molecule has 2 aliphatic heterocycles. The van der Waals surface area contributed by atoms with Crippen molar-refractivity contribution in [2.45, 2.75) is 38.5 Å². The van der Waals surface area contributed by atoms with E-state index in [0.717, 1.165) is 67.7 Å². The van der Waals surface area contributed by atoms with Crippen molar-refractivity contribution in [3.8, 4) is 11.5 Å². The lowest BCUT2D eigenvalue weighted by molar-refractivity contribution is -0.441. The van der Waals surface area contributed by atoms with Gasteiger partial charge in [0.05, 0.1) is 38.6 Å². The molecule has 3 aliphatic rings. The van der Waals surface area contributed by atoms with Crippen LogP contribution in [0.25, 0.3) is 11.1 Å². The SMILES string of the molecule is CC1(C)C(/C=C/C2=C(Cl)C(=C/C=C3/N(CCOc4ccccc4)c4cc([N+](=O)[O-])ccc4C3(C)C)/c3ccccc32)=[N+](CCOc2ccccc2)c2cc([N+](=O)[O-])ccc21. The first-order valence-corrected chi connectivity index (χ1v) is 20.2. The molecule has 0 amide bonds. The zero-order chi connectivity index (χ0) is 42.2. The van der Waals surface area contributed by atoms with Crippen LogP contribution in [0, 0.1) is 20.2 Å². The molecule has 1 aliphatic carbocycles. The maximum absolute atomic E-state index is 11.9. The van der Waals surface area contributed by atoms with Crippen LogP contribution in [0.3, 0.4) is 0 Å². The molecule has 0 atom stereocenters. The fraction of sp³-hybridized carbons (Fsp3) is 0.204. The molecule has 0 saturated heterocycles. The summed E-state index contributed by atoms with van der Waals surface area (Å²) in [6.07, 6.45) is 8.23. The van der Waals surface area contributed by atoms with Gasteiger partial charge in [-0.2, -0.15) is 4.58 Å². The summed E-state index contributed by atoms with van der Waals surface area (Å²) in [4.78, 5) is 25.2. The minimum absolute atomic E-state index is 0.0252. The van der Waals surface area contributed by atoms with E-state index in [-0.39, 0.29) is 21.2 Å². The third-order valence-electron chi connectivity index (χ3n) is 11.6. The molecule has 0 aromatic heterocycles. The molecule has 0 saturated carbocycles. The molecular weight excluding hydrogens is 776 g/mol. The molecule has 0 spiro atoms.